The number of methoxy groups -OCH3 is 1. The molecule has 1 unspecified atom stereocenters. The van der Waals surface area contributed by atoms with Crippen molar-refractivity contribution in [3.8, 4) is 5.75 Å². The first-order valence-corrected chi connectivity index (χ1v) is 11.2. The average molecular weight is 407 g/mol. The molecule has 1 aromatic carbocycles. The second-order valence-electron chi connectivity index (χ2n) is 6.22. The predicted octanol–water partition coefficient (Wildman–Crippen LogP) is 4.20. The Labute approximate surface area is 171 Å². The third-order valence-corrected chi connectivity index (χ3v) is 6.39. The standard InChI is InChI=1S/C20H30N4OS2/c1-5-16-12-22-19(27-16)13-24-20(21-6-2)23-11-15(3)14-26-18-10-8-7-9-17(18)25-4/h7-10,12,15H,5-6,11,13-14H2,1-4H3,(H2,21,23,24). The SMILES string of the molecule is CCNC(=NCc1ncc(CC)s1)NCC(C)CSc1ccccc1OC. The van der Waals surface area contributed by atoms with E-state index >= 15 is 0 Å². The molecule has 148 valence electrons. The summed E-state index contributed by atoms with van der Waals surface area (Å²) in [6.45, 7) is 8.80. The monoisotopic (exact) mass is 406 g/mol. The molecule has 2 rings (SSSR count). The molecule has 2 N–H and O–H groups in total. The Bertz CT molecular complexity index is 718. The Balaban J connectivity index is 1.82. The summed E-state index contributed by atoms with van der Waals surface area (Å²) in [5.41, 5.74) is 0. The number of nitrogens with zero attached hydrogens (tertiary/aromatic N) is 2. The van der Waals surface area contributed by atoms with Gasteiger partial charge in [-0.05, 0) is 31.4 Å². The highest BCUT2D eigenvalue weighted by Crippen LogP contribution is 2.29. The first kappa shape index (κ1) is 21.6. The first-order valence-electron chi connectivity index (χ1n) is 9.37. The minimum absolute atomic E-state index is 0.496. The Morgan fingerprint density at radius 1 is 1.30 bits per heavy atom. The Morgan fingerprint density at radius 2 is 2.11 bits per heavy atom. The highest BCUT2D eigenvalue weighted by molar-refractivity contribution is 7.99. The fourth-order valence-electron chi connectivity index (χ4n) is 2.37. The maximum Gasteiger partial charge on any atom is 0.191 e. The summed E-state index contributed by atoms with van der Waals surface area (Å²) in [5.74, 6) is 3.29. The molecule has 5 nitrogen and oxygen atoms in total. The number of aromatic nitrogens is 1. The summed E-state index contributed by atoms with van der Waals surface area (Å²) in [6, 6.07) is 8.16. The van der Waals surface area contributed by atoms with Crippen LogP contribution in [0.2, 0.25) is 0 Å². The number of benzene rings is 1. The molecule has 0 saturated carbocycles. The number of rotatable bonds is 10. The van der Waals surface area contributed by atoms with Gasteiger partial charge in [-0.25, -0.2) is 9.98 Å². The molecule has 27 heavy (non-hydrogen) atoms. The molecule has 0 radical (unpaired) electrons. The van der Waals surface area contributed by atoms with Crippen molar-refractivity contribution in [3.05, 3.63) is 40.3 Å². The van der Waals surface area contributed by atoms with Crippen LogP contribution in [-0.2, 0) is 13.0 Å². The van der Waals surface area contributed by atoms with Crippen LogP contribution in [0.4, 0.5) is 0 Å². The van der Waals surface area contributed by atoms with Crippen molar-refractivity contribution < 1.29 is 4.74 Å². The molecule has 1 heterocycles. The number of hydrogen-bond acceptors (Lipinski definition) is 5. The number of aryl methyl sites for hydroxylation is 1. The Morgan fingerprint density at radius 3 is 2.81 bits per heavy atom. The summed E-state index contributed by atoms with van der Waals surface area (Å²) >= 11 is 3.56. The summed E-state index contributed by atoms with van der Waals surface area (Å²) in [6.07, 6.45) is 2.98. The van der Waals surface area contributed by atoms with Crippen LogP contribution < -0.4 is 15.4 Å². The lowest BCUT2D eigenvalue weighted by atomic mass is 10.2. The van der Waals surface area contributed by atoms with Gasteiger partial charge >= 0.3 is 0 Å². The largest absolute Gasteiger partial charge is 0.496 e. The molecule has 2 aromatic rings. The zero-order valence-corrected chi connectivity index (χ0v) is 18.3. The van der Waals surface area contributed by atoms with E-state index in [9.17, 15) is 0 Å². The molecule has 0 aliphatic carbocycles. The van der Waals surface area contributed by atoms with Crippen molar-refractivity contribution in [2.45, 2.75) is 38.6 Å². The molecule has 7 heteroatoms. The van der Waals surface area contributed by atoms with Crippen molar-refractivity contribution in [1.82, 2.24) is 15.6 Å². The minimum Gasteiger partial charge on any atom is -0.496 e. The van der Waals surface area contributed by atoms with E-state index in [0.717, 1.165) is 42.0 Å². The molecular weight excluding hydrogens is 376 g/mol. The van der Waals surface area contributed by atoms with Crippen LogP contribution in [-0.4, -0.2) is 36.9 Å². The van der Waals surface area contributed by atoms with Crippen LogP contribution in [0.5, 0.6) is 5.75 Å². The fourth-order valence-corrected chi connectivity index (χ4v) is 4.21. The van der Waals surface area contributed by atoms with Crippen molar-refractivity contribution in [3.63, 3.8) is 0 Å². The average Bonchev–Trinajstić information content (AvgIpc) is 3.16. The molecule has 0 spiro atoms. The van der Waals surface area contributed by atoms with E-state index in [1.165, 1.54) is 9.77 Å². The van der Waals surface area contributed by atoms with Crippen molar-refractivity contribution in [2.75, 3.05) is 26.0 Å². The van der Waals surface area contributed by atoms with Crippen LogP contribution in [0.1, 0.15) is 30.7 Å². The van der Waals surface area contributed by atoms with Gasteiger partial charge in [0.2, 0.25) is 0 Å². The van der Waals surface area contributed by atoms with E-state index in [-0.39, 0.29) is 0 Å². The summed E-state index contributed by atoms with van der Waals surface area (Å²) in [5, 5.41) is 7.82. The highest BCUT2D eigenvalue weighted by Gasteiger charge is 2.08. The maximum atomic E-state index is 5.42. The van der Waals surface area contributed by atoms with Gasteiger partial charge in [-0.3, -0.25) is 0 Å². The lowest BCUT2D eigenvalue weighted by Crippen LogP contribution is -2.39. The summed E-state index contributed by atoms with van der Waals surface area (Å²) < 4.78 is 5.42. The molecular formula is C20H30N4OS2. The summed E-state index contributed by atoms with van der Waals surface area (Å²) in [7, 11) is 1.72. The van der Waals surface area contributed by atoms with Crippen LogP contribution in [0.3, 0.4) is 0 Å². The number of guanidine groups is 1. The third-order valence-electron chi connectivity index (χ3n) is 3.88. The second kappa shape index (κ2) is 11.9. The molecule has 0 saturated heterocycles. The number of thiazole rings is 1. The van der Waals surface area contributed by atoms with Gasteiger partial charge in [-0.15, -0.1) is 23.1 Å². The topological polar surface area (TPSA) is 58.5 Å². The fraction of sp³-hybridized carbons (Fsp3) is 0.500. The number of ether oxygens (including phenoxy) is 1. The minimum atomic E-state index is 0.496. The zero-order valence-electron chi connectivity index (χ0n) is 16.6. The van der Waals surface area contributed by atoms with E-state index in [1.54, 1.807) is 18.4 Å². The smallest absolute Gasteiger partial charge is 0.191 e. The Hall–Kier alpha value is -1.73. The molecule has 0 aliphatic heterocycles. The Kier molecular flexibility index (Phi) is 9.48. The zero-order chi connectivity index (χ0) is 19.5. The van der Waals surface area contributed by atoms with Gasteiger partial charge in [-0.1, -0.05) is 26.0 Å². The number of para-hydroxylation sites is 1. The van der Waals surface area contributed by atoms with Gasteiger partial charge in [0, 0.05) is 34.8 Å². The quantitative estimate of drug-likeness (QED) is 0.352. The van der Waals surface area contributed by atoms with Gasteiger partial charge in [0.1, 0.15) is 10.8 Å². The lowest BCUT2D eigenvalue weighted by Gasteiger charge is -2.16. The molecule has 0 aliphatic rings. The van der Waals surface area contributed by atoms with Crippen molar-refractivity contribution >= 4 is 29.1 Å². The predicted molar refractivity (Wildman–Crippen MR) is 117 cm³/mol. The van der Waals surface area contributed by atoms with Gasteiger partial charge in [0.25, 0.3) is 0 Å². The van der Waals surface area contributed by atoms with Crippen LogP contribution >= 0.6 is 23.1 Å². The molecule has 0 amide bonds. The van der Waals surface area contributed by atoms with Crippen LogP contribution in [0, 0.1) is 5.92 Å². The van der Waals surface area contributed by atoms with Crippen LogP contribution in [0.15, 0.2) is 40.4 Å². The highest BCUT2D eigenvalue weighted by atomic mass is 32.2. The number of thioether (sulfide) groups is 1. The van der Waals surface area contributed by atoms with Crippen molar-refractivity contribution in [1.29, 1.82) is 0 Å². The normalized spacial score (nSPS) is 12.7. The molecule has 1 atom stereocenters. The molecule has 1 aromatic heterocycles. The third kappa shape index (κ3) is 7.42. The van der Waals surface area contributed by atoms with Gasteiger partial charge in [0.15, 0.2) is 5.96 Å². The maximum absolute atomic E-state index is 5.42. The van der Waals surface area contributed by atoms with Crippen molar-refractivity contribution in [2.24, 2.45) is 10.9 Å². The molecule has 0 bridgehead atoms. The summed E-state index contributed by atoms with van der Waals surface area (Å²) in [4.78, 5) is 11.6. The number of hydrogen-bond donors (Lipinski definition) is 2. The van der Waals surface area contributed by atoms with E-state index < -0.39 is 0 Å². The van der Waals surface area contributed by atoms with Crippen LogP contribution in [0.25, 0.3) is 0 Å². The molecule has 0 fully saturated rings. The second-order valence-corrected chi connectivity index (χ2v) is 8.48. The van der Waals surface area contributed by atoms with Gasteiger partial charge < -0.3 is 15.4 Å². The van der Waals surface area contributed by atoms with E-state index in [0.29, 0.717) is 12.5 Å². The number of aliphatic imine (C=N–C) groups is 1. The lowest BCUT2D eigenvalue weighted by molar-refractivity contribution is 0.405. The number of nitrogens with one attached hydrogen (secondary N) is 2. The van der Waals surface area contributed by atoms with Gasteiger partial charge in [0.05, 0.1) is 13.7 Å². The van der Waals surface area contributed by atoms with E-state index in [2.05, 4.69) is 47.4 Å². The van der Waals surface area contributed by atoms with E-state index in [4.69, 9.17) is 4.74 Å². The first-order chi connectivity index (χ1) is 13.2. The van der Waals surface area contributed by atoms with Gasteiger partial charge in [-0.2, -0.15) is 0 Å². The van der Waals surface area contributed by atoms with E-state index in [1.807, 2.05) is 36.2 Å².